The highest BCUT2D eigenvalue weighted by molar-refractivity contribution is 7.46. The minimum atomic E-state index is -4.61. The van der Waals surface area contributed by atoms with E-state index in [1.807, 2.05) is 6.07 Å². The summed E-state index contributed by atoms with van der Waals surface area (Å²) in [4.78, 5) is 29.2. The number of ether oxygens (including phenoxy) is 1. The molecular formula is C18H23O7P. The van der Waals surface area contributed by atoms with Gasteiger partial charge in [-0.25, -0.2) is 14.3 Å². The highest BCUT2D eigenvalue weighted by atomic mass is 31.2. The van der Waals surface area contributed by atoms with Crippen LogP contribution < -0.4 is 4.52 Å². The highest BCUT2D eigenvalue weighted by Crippen LogP contribution is 2.69. The molecule has 5 aliphatic rings. The maximum absolute atomic E-state index is 11.2. The Balaban J connectivity index is 1.60. The second-order valence-corrected chi connectivity index (χ2v) is 9.33. The zero-order chi connectivity index (χ0) is 18.2. The standard InChI is InChI=1S/C18H23O7P/c1-22-18(12-3-2-4-15(9-12)24-26(19,20)21)14-6-11-5-13(8-14)17(10-23-25-17)16(18)7-11/h2-4,9,11,13-14,16H,5-8,10H2,1H3,(H2,19,20,21)/t11-,13+,14+,16-,17-,18+/m1/s1. The Hall–Kier alpha value is -0.950. The van der Waals surface area contributed by atoms with Crippen LogP contribution in [-0.4, -0.2) is 29.1 Å². The van der Waals surface area contributed by atoms with Crippen molar-refractivity contribution in [3.63, 3.8) is 0 Å². The fourth-order valence-corrected chi connectivity index (χ4v) is 6.74. The lowest BCUT2D eigenvalue weighted by Gasteiger charge is -2.69. The molecule has 0 unspecified atom stereocenters. The third-order valence-electron chi connectivity index (χ3n) is 7.12. The number of methoxy groups -OCH3 is 1. The van der Waals surface area contributed by atoms with E-state index in [0.29, 0.717) is 24.4 Å². The molecule has 0 radical (unpaired) electrons. The fraction of sp³-hybridized carbons (Fsp3) is 0.667. The summed E-state index contributed by atoms with van der Waals surface area (Å²) in [5.74, 6) is 1.86. The molecule has 2 N–H and O–H groups in total. The molecule has 1 saturated heterocycles. The predicted octanol–water partition coefficient (Wildman–Crippen LogP) is 2.77. The molecule has 7 nitrogen and oxygen atoms in total. The van der Waals surface area contributed by atoms with Crippen LogP contribution in [-0.2, 0) is 24.7 Å². The minimum Gasteiger partial charge on any atom is -0.404 e. The molecule has 5 fully saturated rings. The van der Waals surface area contributed by atoms with E-state index in [4.69, 9.17) is 28.8 Å². The van der Waals surface area contributed by atoms with Gasteiger partial charge in [0.2, 0.25) is 0 Å². The molecular weight excluding hydrogens is 359 g/mol. The van der Waals surface area contributed by atoms with Gasteiger partial charge in [-0.1, -0.05) is 12.1 Å². The quantitative estimate of drug-likeness (QED) is 0.611. The Morgan fingerprint density at radius 2 is 1.96 bits per heavy atom. The van der Waals surface area contributed by atoms with E-state index in [2.05, 4.69) is 0 Å². The van der Waals surface area contributed by atoms with Crippen LogP contribution in [0.2, 0.25) is 0 Å². The van der Waals surface area contributed by atoms with E-state index in [-0.39, 0.29) is 17.3 Å². The van der Waals surface area contributed by atoms with Crippen molar-refractivity contribution in [1.82, 2.24) is 0 Å². The minimum absolute atomic E-state index is 0.154. The van der Waals surface area contributed by atoms with Crippen molar-refractivity contribution < 1.29 is 33.4 Å². The lowest BCUT2D eigenvalue weighted by Crippen LogP contribution is -2.73. The molecule has 4 aliphatic carbocycles. The fourth-order valence-electron chi connectivity index (χ4n) is 6.35. The number of hydrogen-bond donors (Lipinski definition) is 2. The van der Waals surface area contributed by atoms with Gasteiger partial charge in [-0.2, -0.15) is 0 Å². The number of phosphoric ester groups is 1. The number of hydrogen-bond acceptors (Lipinski definition) is 5. The summed E-state index contributed by atoms with van der Waals surface area (Å²) in [7, 11) is -2.88. The molecule has 0 aromatic heterocycles. The van der Waals surface area contributed by atoms with Crippen LogP contribution >= 0.6 is 7.82 Å². The van der Waals surface area contributed by atoms with Crippen molar-refractivity contribution in [1.29, 1.82) is 0 Å². The molecule has 0 amide bonds. The van der Waals surface area contributed by atoms with Gasteiger partial charge in [0, 0.05) is 13.0 Å². The van der Waals surface area contributed by atoms with Gasteiger partial charge in [0.1, 0.15) is 23.6 Å². The van der Waals surface area contributed by atoms with E-state index < -0.39 is 13.4 Å². The van der Waals surface area contributed by atoms with E-state index in [9.17, 15) is 4.57 Å². The molecule has 1 aromatic rings. The van der Waals surface area contributed by atoms with Crippen LogP contribution in [0.25, 0.3) is 0 Å². The van der Waals surface area contributed by atoms with Gasteiger partial charge >= 0.3 is 7.82 Å². The summed E-state index contributed by atoms with van der Waals surface area (Å²) in [6, 6.07) is 6.99. The van der Waals surface area contributed by atoms with Crippen molar-refractivity contribution in [3.8, 4) is 5.75 Å². The maximum Gasteiger partial charge on any atom is 0.524 e. The van der Waals surface area contributed by atoms with E-state index in [0.717, 1.165) is 24.8 Å². The summed E-state index contributed by atoms with van der Waals surface area (Å²) in [5.41, 5.74) is 0.0456. The Labute approximate surface area is 151 Å². The molecule has 6 rings (SSSR count). The first-order valence-electron chi connectivity index (χ1n) is 9.09. The average molecular weight is 382 g/mol. The smallest absolute Gasteiger partial charge is 0.404 e. The van der Waals surface area contributed by atoms with Gasteiger partial charge in [0.15, 0.2) is 0 Å². The molecule has 8 heteroatoms. The molecule has 1 spiro atoms. The van der Waals surface area contributed by atoms with Crippen LogP contribution in [0.15, 0.2) is 24.3 Å². The Kier molecular flexibility index (Phi) is 3.65. The monoisotopic (exact) mass is 382 g/mol. The van der Waals surface area contributed by atoms with E-state index in [1.165, 1.54) is 6.42 Å². The Bertz CT molecular complexity index is 773. The molecule has 4 bridgehead atoms. The normalized spacial score (nSPS) is 43.5. The van der Waals surface area contributed by atoms with Gasteiger partial charge in [-0.05, 0) is 61.1 Å². The van der Waals surface area contributed by atoms with Crippen LogP contribution in [0.1, 0.15) is 31.2 Å². The summed E-state index contributed by atoms with van der Waals surface area (Å²) in [6.07, 6.45) is 4.35. The lowest BCUT2D eigenvalue weighted by atomic mass is 9.43. The SMILES string of the molecule is CO[C@@]1(c2cccc(OP(=O)(O)O)c2)[C@H]2C[C@H]3C[C@@H](C2)[C@]2(COO2)[C@H]1C3. The van der Waals surface area contributed by atoms with Crippen LogP contribution in [0.4, 0.5) is 0 Å². The third kappa shape index (κ3) is 2.22. The van der Waals surface area contributed by atoms with Crippen molar-refractivity contribution >= 4 is 7.82 Å². The number of benzene rings is 1. The van der Waals surface area contributed by atoms with Crippen molar-refractivity contribution in [2.75, 3.05) is 13.7 Å². The van der Waals surface area contributed by atoms with Crippen molar-refractivity contribution in [2.45, 2.75) is 36.9 Å². The average Bonchev–Trinajstić information content (AvgIpc) is 2.52. The summed E-state index contributed by atoms with van der Waals surface area (Å²) in [5, 5.41) is 0. The molecule has 1 aromatic carbocycles. The first kappa shape index (κ1) is 17.2. The second kappa shape index (κ2) is 5.53. The molecule has 1 heterocycles. The van der Waals surface area contributed by atoms with E-state index in [1.54, 1.807) is 25.3 Å². The van der Waals surface area contributed by atoms with Crippen LogP contribution in [0.3, 0.4) is 0 Å². The van der Waals surface area contributed by atoms with Crippen molar-refractivity contribution in [2.24, 2.45) is 23.7 Å². The maximum atomic E-state index is 11.2. The molecule has 26 heavy (non-hydrogen) atoms. The molecule has 142 valence electrons. The summed E-state index contributed by atoms with van der Waals surface area (Å²) >= 11 is 0. The van der Waals surface area contributed by atoms with Gasteiger partial charge in [-0.3, -0.25) is 9.79 Å². The number of rotatable bonds is 4. The Morgan fingerprint density at radius 3 is 2.62 bits per heavy atom. The first-order chi connectivity index (χ1) is 12.4. The number of phosphoric acid groups is 1. The highest BCUT2D eigenvalue weighted by Gasteiger charge is 2.72. The molecule has 1 aliphatic heterocycles. The lowest BCUT2D eigenvalue weighted by molar-refractivity contribution is -0.524. The van der Waals surface area contributed by atoms with Gasteiger partial charge in [-0.15, -0.1) is 0 Å². The van der Waals surface area contributed by atoms with Crippen LogP contribution in [0.5, 0.6) is 5.75 Å². The van der Waals surface area contributed by atoms with Gasteiger partial charge < -0.3 is 9.26 Å². The van der Waals surface area contributed by atoms with Gasteiger partial charge in [0.05, 0.1) is 0 Å². The van der Waals surface area contributed by atoms with Crippen LogP contribution in [0, 0.1) is 23.7 Å². The predicted molar refractivity (Wildman–Crippen MR) is 90.0 cm³/mol. The topological polar surface area (TPSA) is 94.5 Å². The molecule has 4 saturated carbocycles. The van der Waals surface area contributed by atoms with Crippen molar-refractivity contribution in [3.05, 3.63) is 29.8 Å². The summed E-state index contributed by atoms with van der Waals surface area (Å²) < 4.78 is 22.3. The largest absolute Gasteiger partial charge is 0.524 e. The van der Waals surface area contributed by atoms with E-state index >= 15 is 0 Å². The second-order valence-electron chi connectivity index (χ2n) is 8.16. The molecule has 6 atom stereocenters. The van der Waals surface area contributed by atoms with Gasteiger partial charge in [0.25, 0.3) is 0 Å². The zero-order valence-corrected chi connectivity index (χ0v) is 15.4. The zero-order valence-electron chi connectivity index (χ0n) is 14.5. The first-order valence-corrected chi connectivity index (χ1v) is 10.6. The Morgan fingerprint density at radius 1 is 1.19 bits per heavy atom. The summed E-state index contributed by atoms with van der Waals surface area (Å²) in [6.45, 7) is 0.589. The third-order valence-corrected chi connectivity index (χ3v) is 7.57.